The molecular formula is C13H20N4O. The highest BCUT2D eigenvalue weighted by molar-refractivity contribution is 5.96. The highest BCUT2D eigenvalue weighted by atomic mass is 16.4. The molecule has 1 aromatic heterocycles. The second-order valence-electron chi connectivity index (χ2n) is 5.04. The molecule has 0 spiro atoms. The van der Waals surface area contributed by atoms with E-state index in [2.05, 4.69) is 28.9 Å². The minimum absolute atomic E-state index is 0.0934. The van der Waals surface area contributed by atoms with Crippen molar-refractivity contribution in [2.24, 2.45) is 16.8 Å². The molecule has 0 radical (unpaired) electrons. The average molecular weight is 248 g/mol. The summed E-state index contributed by atoms with van der Waals surface area (Å²) in [6, 6.07) is 4.34. The SMILES string of the molecule is CC(C)C1CCCN1c1ccc(C(N)=NO)cn1. The summed E-state index contributed by atoms with van der Waals surface area (Å²) < 4.78 is 0. The number of anilines is 1. The topological polar surface area (TPSA) is 74.7 Å². The number of rotatable bonds is 3. The molecule has 0 bridgehead atoms. The van der Waals surface area contributed by atoms with Gasteiger partial charge in [-0.3, -0.25) is 0 Å². The summed E-state index contributed by atoms with van der Waals surface area (Å²) in [4.78, 5) is 6.76. The summed E-state index contributed by atoms with van der Waals surface area (Å²) in [5, 5.41) is 11.6. The molecule has 1 unspecified atom stereocenters. The van der Waals surface area contributed by atoms with Crippen LogP contribution in [0.3, 0.4) is 0 Å². The van der Waals surface area contributed by atoms with Crippen LogP contribution in [0.1, 0.15) is 32.3 Å². The van der Waals surface area contributed by atoms with Crippen LogP contribution in [0.25, 0.3) is 0 Å². The average Bonchev–Trinajstić information content (AvgIpc) is 2.87. The van der Waals surface area contributed by atoms with Crippen molar-refractivity contribution in [2.45, 2.75) is 32.7 Å². The van der Waals surface area contributed by atoms with Crippen LogP contribution in [0.2, 0.25) is 0 Å². The van der Waals surface area contributed by atoms with Crippen molar-refractivity contribution in [3.8, 4) is 0 Å². The molecule has 0 amide bonds. The van der Waals surface area contributed by atoms with Crippen LogP contribution in [0.15, 0.2) is 23.5 Å². The van der Waals surface area contributed by atoms with E-state index >= 15 is 0 Å². The van der Waals surface area contributed by atoms with Crippen molar-refractivity contribution in [3.63, 3.8) is 0 Å². The second-order valence-corrected chi connectivity index (χ2v) is 5.04. The lowest BCUT2D eigenvalue weighted by atomic mass is 10.0. The number of amidine groups is 1. The molecule has 0 saturated carbocycles. The molecule has 0 aliphatic carbocycles. The van der Waals surface area contributed by atoms with Gasteiger partial charge in [0.2, 0.25) is 0 Å². The Labute approximate surface area is 107 Å². The van der Waals surface area contributed by atoms with Crippen molar-refractivity contribution in [3.05, 3.63) is 23.9 Å². The van der Waals surface area contributed by atoms with Gasteiger partial charge in [0.05, 0.1) is 0 Å². The number of hydrogen-bond donors (Lipinski definition) is 2. The van der Waals surface area contributed by atoms with E-state index < -0.39 is 0 Å². The summed E-state index contributed by atoms with van der Waals surface area (Å²) in [6.45, 7) is 5.54. The first-order valence-electron chi connectivity index (χ1n) is 6.34. The van der Waals surface area contributed by atoms with Gasteiger partial charge < -0.3 is 15.8 Å². The first kappa shape index (κ1) is 12.7. The van der Waals surface area contributed by atoms with E-state index in [9.17, 15) is 0 Å². The van der Waals surface area contributed by atoms with Gasteiger partial charge in [0.1, 0.15) is 5.82 Å². The molecule has 1 fully saturated rings. The summed E-state index contributed by atoms with van der Waals surface area (Å²) in [5.41, 5.74) is 6.16. The zero-order chi connectivity index (χ0) is 13.1. The third-order valence-electron chi connectivity index (χ3n) is 3.51. The maximum Gasteiger partial charge on any atom is 0.171 e. The highest BCUT2D eigenvalue weighted by Gasteiger charge is 2.27. The fourth-order valence-corrected chi connectivity index (χ4v) is 2.54. The Hall–Kier alpha value is -1.78. The van der Waals surface area contributed by atoms with Gasteiger partial charge in [-0.1, -0.05) is 19.0 Å². The van der Waals surface area contributed by atoms with E-state index in [0.717, 1.165) is 12.4 Å². The van der Waals surface area contributed by atoms with Gasteiger partial charge >= 0.3 is 0 Å². The maximum absolute atomic E-state index is 8.61. The number of nitrogens with zero attached hydrogens (tertiary/aromatic N) is 3. The molecule has 1 saturated heterocycles. The lowest BCUT2D eigenvalue weighted by Gasteiger charge is -2.28. The molecule has 0 aromatic carbocycles. The molecule has 2 heterocycles. The lowest BCUT2D eigenvalue weighted by molar-refractivity contribution is 0.318. The van der Waals surface area contributed by atoms with Crippen LogP contribution in [0.4, 0.5) is 5.82 Å². The Morgan fingerprint density at radius 2 is 2.33 bits per heavy atom. The molecule has 5 nitrogen and oxygen atoms in total. The molecule has 1 aromatic rings. The number of aromatic nitrogens is 1. The molecular weight excluding hydrogens is 228 g/mol. The maximum atomic E-state index is 8.61. The van der Waals surface area contributed by atoms with Crippen molar-refractivity contribution in [2.75, 3.05) is 11.4 Å². The number of nitrogens with two attached hydrogens (primary N) is 1. The normalized spacial score (nSPS) is 20.7. The van der Waals surface area contributed by atoms with Crippen LogP contribution in [-0.2, 0) is 0 Å². The van der Waals surface area contributed by atoms with Crippen LogP contribution in [0.5, 0.6) is 0 Å². The zero-order valence-electron chi connectivity index (χ0n) is 10.9. The molecule has 98 valence electrons. The number of hydrogen-bond acceptors (Lipinski definition) is 4. The smallest absolute Gasteiger partial charge is 0.171 e. The Morgan fingerprint density at radius 1 is 1.56 bits per heavy atom. The van der Waals surface area contributed by atoms with Crippen LogP contribution < -0.4 is 10.6 Å². The fourth-order valence-electron chi connectivity index (χ4n) is 2.54. The molecule has 1 atom stereocenters. The van der Waals surface area contributed by atoms with Crippen molar-refractivity contribution in [1.82, 2.24) is 4.98 Å². The lowest BCUT2D eigenvalue weighted by Crippen LogP contribution is -2.34. The highest BCUT2D eigenvalue weighted by Crippen LogP contribution is 2.28. The van der Waals surface area contributed by atoms with E-state index in [4.69, 9.17) is 10.9 Å². The van der Waals surface area contributed by atoms with Gasteiger partial charge in [-0.25, -0.2) is 4.98 Å². The predicted octanol–water partition coefficient (Wildman–Crippen LogP) is 1.80. The van der Waals surface area contributed by atoms with Gasteiger partial charge in [0, 0.05) is 24.3 Å². The quantitative estimate of drug-likeness (QED) is 0.370. The molecule has 1 aliphatic rings. The largest absolute Gasteiger partial charge is 0.409 e. The monoisotopic (exact) mass is 248 g/mol. The van der Waals surface area contributed by atoms with Crippen LogP contribution in [0, 0.1) is 5.92 Å². The molecule has 5 heteroatoms. The standard InChI is InChI=1S/C13H20N4O/c1-9(2)11-4-3-7-17(11)12-6-5-10(8-15-12)13(14)16-18/h5-6,8-9,11,18H,3-4,7H2,1-2H3,(H2,14,16). The summed E-state index contributed by atoms with van der Waals surface area (Å²) >= 11 is 0. The van der Waals surface area contributed by atoms with Crippen molar-refractivity contribution >= 4 is 11.7 Å². The zero-order valence-corrected chi connectivity index (χ0v) is 10.9. The predicted molar refractivity (Wildman–Crippen MR) is 72.0 cm³/mol. The van der Waals surface area contributed by atoms with Crippen LogP contribution >= 0.6 is 0 Å². The van der Waals surface area contributed by atoms with Gasteiger partial charge in [-0.15, -0.1) is 0 Å². The first-order chi connectivity index (χ1) is 8.63. The Morgan fingerprint density at radius 3 is 2.89 bits per heavy atom. The van der Waals surface area contributed by atoms with Gasteiger partial charge in [0.25, 0.3) is 0 Å². The van der Waals surface area contributed by atoms with E-state index in [-0.39, 0.29) is 5.84 Å². The third kappa shape index (κ3) is 2.39. The van der Waals surface area contributed by atoms with E-state index in [1.807, 2.05) is 12.1 Å². The summed E-state index contributed by atoms with van der Waals surface area (Å²) in [6.07, 6.45) is 4.09. The first-order valence-corrected chi connectivity index (χ1v) is 6.34. The van der Waals surface area contributed by atoms with E-state index in [1.165, 1.54) is 12.8 Å². The van der Waals surface area contributed by atoms with Gasteiger partial charge in [-0.2, -0.15) is 0 Å². The third-order valence-corrected chi connectivity index (χ3v) is 3.51. The summed E-state index contributed by atoms with van der Waals surface area (Å²) in [7, 11) is 0. The van der Waals surface area contributed by atoms with Crippen molar-refractivity contribution < 1.29 is 5.21 Å². The second kappa shape index (κ2) is 5.25. The Balaban J connectivity index is 2.19. The Kier molecular flexibility index (Phi) is 3.69. The molecule has 18 heavy (non-hydrogen) atoms. The minimum atomic E-state index is 0.0934. The molecule has 3 N–H and O–H groups in total. The van der Waals surface area contributed by atoms with Gasteiger partial charge in [-0.05, 0) is 30.9 Å². The van der Waals surface area contributed by atoms with E-state index in [1.54, 1.807) is 6.20 Å². The van der Waals surface area contributed by atoms with Gasteiger partial charge in [0.15, 0.2) is 5.84 Å². The summed E-state index contributed by atoms with van der Waals surface area (Å²) in [5.74, 6) is 1.69. The molecule has 1 aliphatic heterocycles. The van der Waals surface area contributed by atoms with Crippen LogP contribution in [-0.4, -0.2) is 28.6 Å². The number of oxime groups is 1. The minimum Gasteiger partial charge on any atom is -0.409 e. The number of pyridine rings is 1. The van der Waals surface area contributed by atoms with E-state index in [0.29, 0.717) is 17.5 Å². The molecule has 2 rings (SSSR count). The fraction of sp³-hybridized carbons (Fsp3) is 0.538. The van der Waals surface area contributed by atoms with Crippen molar-refractivity contribution in [1.29, 1.82) is 0 Å². The Bertz CT molecular complexity index is 427.